The van der Waals surface area contributed by atoms with Crippen LogP contribution in [0.25, 0.3) is 11.3 Å². The first-order chi connectivity index (χ1) is 11.9. The number of nitrogens with one attached hydrogen (secondary N) is 2. The van der Waals surface area contributed by atoms with Gasteiger partial charge in [0.05, 0.1) is 11.9 Å². The Bertz CT molecular complexity index is 988. The van der Waals surface area contributed by atoms with Gasteiger partial charge in [-0.25, -0.2) is 18.4 Å². The summed E-state index contributed by atoms with van der Waals surface area (Å²) in [5.74, 6) is 0.622. The van der Waals surface area contributed by atoms with Crippen LogP contribution in [0.15, 0.2) is 60.9 Å². The minimum atomic E-state index is -3.33. The molecule has 0 aliphatic heterocycles. The van der Waals surface area contributed by atoms with Crippen molar-refractivity contribution in [3.63, 3.8) is 0 Å². The summed E-state index contributed by atoms with van der Waals surface area (Å²) >= 11 is 0. The molecule has 0 radical (unpaired) electrons. The molecule has 0 fully saturated rings. The Balaban J connectivity index is 1.86. The quantitative estimate of drug-likeness (QED) is 0.607. The molecule has 3 rings (SSSR count). The van der Waals surface area contributed by atoms with Crippen molar-refractivity contribution in [3.8, 4) is 11.3 Å². The van der Waals surface area contributed by atoms with Crippen molar-refractivity contribution in [2.75, 3.05) is 22.0 Å². The molecule has 0 saturated heterocycles. The topological polar surface area (TPSA) is 110 Å². The van der Waals surface area contributed by atoms with Crippen molar-refractivity contribution in [1.29, 1.82) is 0 Å². The normalized spacial score (nSPS) is 11.1. The minimum Gasteiger partial charge on any atom is -0.399 e. The van der Waals surface area contributed by atoms with E-state index < -0.39 is 10.0 Å². The summed E-state index contributed by atoms with van der Waals surface area (Å²) in [5.41, 5.74) is 9.14. The van der Waals surface area contributed by atoms with Crippen LogP contribution in [0.4, 0.5) is 22.9 Å². The van der Waals surface area contributed by atoms with E-state index in [1.165, 1.54) is 6.33 Å². The maximum Gasteiger partial charge on any atom is 0.229 e. The van der Waals surface area contributed by atoms with Crippen LogP contribution in [-0.4, -0.2) is 24.6 Å². The molecule has 8 heteroatoms. The summed E-state index contributed by atoms with van der Waals surface area (Å²) in [7, 11) is -3.33. The zero-order valence-corrected chi connectivity index (χ0v) is 14.3. The summed E-state index contributed by atoms with van der Waals surface area (Å²) in [6, 6.07) is 16.1. The van der Waals surface area contributed by atoms with Gasteiger partial charge < -0.3 is 11.1 Å². The molecule has 0 bridgehead atoms. The molecule has 0 aliphatic carbocycles. The number of hydrogen-bond donors (Lipinski definition) is 3. The van der Waals surface area contributed by atoms with Crippen LogP contribution in [0.1, 0.15) is 0 Å². The Morgan fingerprint density at radius 3 is 2.44 bits per heavy atom. The van der Waals surface area contributed by atoms with E-state index in [-0.39, 0.29) is 0 Å². The lowest BCUT2D eigenvalue weighted by molar-refractivity contribution is 0.607. The number of anilines is 4. The van der Waals surface area contributed by atoms with Crippen LogP contribution in [0, 0.1) is 0 Å². The Kier molecular flexibility index (Phi) is 4.53. The molecule has 128 valence electrons. The largest absolute Gasteiger partial charge is 0.399 e. The summed E-state index contributed by atoms with van der Waals surface area (Å²) in [6.07, 6.45) is 2.56. The zero-order chi connectivity index (χ0) is 17.9. The van der Waals surface area contributed by atoms with Crippen molar-refractivity contribution >= 4 is 32.9 Å². The van der Waals surface area contributed by atoms with Crippen molar-refractivity contribution in [2.24, 2.45) is 0 Å². The van der Waals surface area contributed by atoms with Gasteiger partial charge in [-0.1, -0.05) is 12.1 Å². The predicted molar refractivity (Wildman–Crippen MR) is 100 cm³/mol. The first-order valence-electron chi connectivity index (χ1n) is 7.42. The second-order valence-electron chi connectivity index (χ2n) is 5.49. The lowest BCUT2D eigenvalue weighted by Crippen LogP contribution is -2.09. The third kappa shape index (κ3) is 4.67. The third-order valence-corrected chi connectivity index (χ3v) is 3.92. The number of benzene rings is 2. The van der Waals surface area contributed by atoms with Crippen LogP contribution in [-0.2, 0) is 10.0 Å². The molecule has 0 saturated carbocycles. The van der Waals surface area contributed by atoms with Crippen LogP contribution in [0.2, 0.25) is 0 Å². The van der Waals surface area contributed by atoms with E-state index >= 15 is 0 Å². The molecule has 7 nitrogen and oxygen atoms in total. The summed E-state index contributed by atoms with van der Waals surface area (Å²) in [6.45, 7) is 0. The average Bonchev–Trinajstić information content (AvgIpc) is 2.56. The summed E-state index contributed by atoms with van der Waals surface area (Å²) < 4.78 is 25.2. The Hall–Kier alpha value is -3.13. The van der Waals surface area contributed by atoms with E-state index in [1.807, 2.05) is 18.2 Å². The molecule has 1 heterocycles. The highest BCUT2D eigenvalue weighted by atomic mass is 32.2. The Labute approximate surface area is 146 Å². The highest BCUT2D eigenvalue weighted by Gasteiger charge is 2.06. The van der Waals surface area contributed by atoms with Gasteiger partial charge in [0, 0.05) is 28.7 Å². The van der Waals surface area contributed by atoms with Gasteiger partial charge in [0.2, 0.25) is 10.0 Å². The number of sulfonamides is 1. The second-order valence-corrected chi connectivity index (χ2v) is 7.24. The van der Waals surface area contributed by atoms with Gasteiger partial charge in [-0.3, -0.25) is 4.72 Å². The second kappa shape index (κ2) is 6.78. The van der Waals surface area contributed by atoms with E-state index in [0.29, 0.717) is 22.9 Å². The monoisotopic (exact) mass is 355 g/mol. The van der Waals surface area contributed by atoms with Gasteiger partial charge in [-0.15, -0.1) is 0 Å². The summed E-state index contributed by atoms with van der Waals surface area (Å²) in [5, 5.41) is 3.18. The van der Waals surface area contributed by atoms with Crippen LogP contribution >= 0.6 is 0 Å². The zero-order valence-electron chi connectivity index (χ0n) is 13.5. The Morgan fingerprint density at radius 1 is 0.960 bits per heavy atom. The fourth-order valence-corrected chi connectivity index (χ4v) is 2.81. The van der Waals surface area contributed by atoms with E-state index in [2.05, 4.69) is 20.0 Å². The lowest BCUT2D eigenvalue weighted by atomic mass is 10.1. The van der Waals surface area contributed by atoms with Gasteiger partial charge in [0.25, 0.3) is 0 Å². The van der Waals surface area contributed by atoms with Crippen molar-refractivity contribution in [3.05, 3.63) is 60.9 Å². The Morgan fingerprint density at radius 2 is 1.72 bits per heavy atom. The van der Waals surface area contributed by atoms with E-state index in [4.69, 9.17) is 5.73 Å². The molecular weight excluding hydrogens is 338 g/mol. The number of aromatic nitrogens is 2. The third-order valence-electron chi connectivity index (χ3n) is 3.31. The highest BCUT2D eigenvalue weighted by Crippen LogP contribution is 2.24. The van der Waals surface area contributed by atoms with Crippen molar-refractivity contribution in [2.45, 2.75) is 0 Å². The summed E-state index contributed by atoms with van der Waals surface area (Å²) in [4.78, 5) is 8.45. The fraction of sp³-hybridized carbons (Fsp3) is 0.0588. The molecule has 2 aromatic carbocycles. The van der Waals surface area contributed by atoms with Gasteiger partial charge in [0.15, 0.2) is 0 Å². The van der Waals surface area contributed by atoms with E-state index in [1.54, 1.807) is 36.4 Å². The molecule has 4 N–H and O–H groups in total. The molecule has 0 atom stereocenters. The number of rotatable bonds is 5. The smallest absolute Gasteiger partial charge is 0.229 e. The maximum absolute atomic E-state index is 11.4. The molecule has 0 unspecified atom stereocenters. The highest BCUT2D eigenvalue weighted by molar-refractivity contribution is 7.92. The molecule has 3 aromatic rings. The first kappa shape index (κ1) is 16.7. The van der Waals surface area contributed by atoms with Gasteiger partial charge >= 0.3 is 0 Å². The predicted octanol–water partition coefficient (Wildman–Crippen LogP) is 2.84. The number of nitrogens with zero attached hydrogens (tertiary/aromatic N) is 2. The molecule has 0 amide bonds. The van der Waals surface area contributed by atoms with Gasteiger partial charge in [-0.2, -0.15) is 0 Å². The van der Waals surface area contributed by atoms with E-state index in [9.17, 15) is 8.42 Å². The van der Waals surface area contributed by atoms with Gasteiger partial charge in [-0.05, 0) is 36.4 Å². The standard InChI is InChI=1S/C17H17N5O2S/c1-25(23,24)22-15-4-2-3-12(9-15)16-10-17(20-11-19-16)21-14-7-5-13(18)6-8-14/h2-11,22H,18H2,1H3,(H,19,20,21). The van der Waals surface area contributed by atoms with E-state index in [0.717, 1.165) is 17.5 Å². The lowest BCUT2D eigenvalue weighted by Gasteiger charge is -2.09. The first-order valence-corrected chi connectivity index (χ1v) is 9.31. The molecule has 25 heavy (non-hydrogen) atoms. The molecule has 0 aliphatic rings. The van der Waals surface area contributed by atoms with Crippen LogP contribution < -0.4 is 15.8 Å². The SMILES string of the molecule is CS(=O)(=O)Nc1cccc(-c2cc(Nc3ccc(N)cc3)ncn2)c1. The van der Waals surface area contributed by atoms with Crippen molar-refractivity contribution < 1.29 is 8.42 Å². The average molecular weight is 355 g/mol. The fourth-order valence-electron chi connectivity index (χ4n) is 2.25. The molecule has 1 aromatic heterocycles. The molecular formula is C17H17N5O2S. The van der Waals surface area contributed by atoms with Crippen LogP contribution in [0.5, 0.6) is 0 Å². The number of hydrogen-bond acceptors (Lipinski definition) is 6. The number of nitrogens with two attached hydrogens (primary N) is 1. The van der Waals surface area contributed by atoms with Gasteiger partial charge in [0.1, 0.15) is 12.1 Å². The molecule has 0 spiro atoms. The number of nitrogen functional groups attached to an aromatic ring is 1. The van der Waals surface area contributed by atoms with Crippen LogP contribution in [0.3, 0.4) is 0 Å². The van der Waals surface area contributed by atoms with Crippen molar-refractivity contribution in [1.82, 2.24) is 9.97 Å². The minimum absolute atomic E-state index is 0.478. The maximum atomic E-state index is 11.4.